The monoisotopic (exact) mass is 317 g/mol. The Hall–Kier alpha value is -1.36. The molecule has 3 fully saturated rings. The summed E-state index contributed by atoms with van der Waals surface area (Å²) in [7, 11) is 1.89. The van der Waals surface area contributed by atoms with Crippen LogP contribution in [0.2, 0.25) is 0 Å². The first kappa shape index (κ1) is 15.2. The van der Waals surface area contributed by atoms with E-state index in [-0.39, 0.29) is 11.8 Å². The van der Waals surface area contributed by atoms with Crippen molar-refractivity contribution in [2.24, 2.45) is 18.9 Å². The van der Waals surface area contributed by atoms with Gasteiger partial charge in [-0.15, -0.1) is 0 Å². The lowest BCUT2D eigenvalue weighted by Crippen LogP contribution is -2.29. The van der Waals surface area contributed by atoms with E-state index < -0.39 is 0 Å². The average Bonchev–Trinajstić information content (AvgIpc) is 2.98. The number of rotatable bonds is 4. The second kappa shape index (κ2) is 6.27. The molecule has 0 aromatic carbocycles. The van der Waals surface area contributed by atoms with Gasteiger partial charge in [-0.1, -0.05) is 32.1 Å². The molecular weight excluding hydrogens is 290 g/mol. The van der Waals surface area contributed by atoms with Crippen molar-refractivity contribution in [3.63, 3.8) is 0 Å². The van der Waals surface area contributed by atoms with E-state index >= 15 is 0 Å². The van der Waals surface area contributed by atoms with E-state index in [1.807, 2.05) is 13.2 Å². The molecule has 1 amide bonds. The summed E-state index contributed by atoms with van der Waals surface area (Å²) in [5, 5.41) is 7.79. The van der Waals surface area contributed by atoms with Gasteiger partial charge in [-0.3, -0.25) is 9.48 Å². The zero-order chi connectivity index (χ0) is 15.8. The number of amides is 1. The van der Waals surface area contributed by atoms with Crippen LogP contribution in [0.3, 0.4) is 0 Å². The third kappa shape index (κ3) is 3.16. The molecule has 0 unspecified atom stereocenters. The van der Waals surface area contributed by atoms with Gasteiger partial charge < -0.3 is 10.1 Å². The Morgan fingerprint density at radius 3 is 2.87 bits per heavy atom. The number of hydrogen-bond acceptors (Lipinski definition) is 3. The van der Waals surface area contributed by atoms with Crippen molar-refractivity contribution in [1.29, 1.82) is 0 Å². The van der Waals surface area contributed by atoms with Crippen LogP contribution in [0.1, 0.15) is 66.9 Å². The summed E-state index contributed by atoms with van der Waals surface area (Å²) < 4.78 is 7.22. The fourth-order valence-electron chi connectivity index (χ4n) is 4.44. The number of aryl methyl sites for hydroxylation is 1. The number of ether oxygens (including phenoxy) is 1. The van der Waals surface area contributed by atoms with Crippen molar-refractivity contribution in [1.82, 2.24) is 15.1 Å². The smallest absolute Gasteiger partial charge is 0.254 e. The highest BCUT2D eigenvalue weighted by Crippen LogP contribution is 2.44. The van der Waals surface area contributed by atoms with Crippen molar-refractivity contribution in [2.45, 2.75) is 56.9 Å². The van der Waals surface area contributed by atoms with E-state index in [0.717, 1.165) is 30.2 Å². The van der Waals surface area contributed by atoms with E-state index in [2.05, 4.69) is 10.4 Å². The fraction of sp³-hybridized carbons (Fsp3) is 0.778. The molecule has 1 aromatic rings. The van der Waals surface area contributed by atoms with Gasteiger partial charge in [0.05, 0.1) is 17.9 Å². The number of aromatic nitrogens is 2. The Kier molecular flexibility index (Phi) is 4.14. The molecule has 2 aliphatic carbocycles. The van der Waals surface area contributed by atoms with Crippen LogP contribution in [0.4, 0.5) is 0 Å². The molecule has 0 radical (unpaired) electrons. The predicted octanol–water partition coefficient (Wildman–Crippen LogP) is 2.62. The van der Waals surface area contributed by atoms with Gasteiger partial charge in [-0.25, -0.2) is 0 Å². The molecule has 0 spiro atoms. The first-order valence-electron chi connectivity index (χ1n) is 9.14. The maximum atomic E-state index is 12.7. The normalized spacial score (nSPS) is 31.3. The van der Waals surface area contributed by atoms with E-state index in [9.17, 15) is 4.79 Å². The molecule has 1 N–H and O–H groups in total. The number of hydrogen-bond donors (Lipinski definition) is 1. The summed E-state index contributed by atoms with van der Waals surface area (Å²) in [6.45, 7) is 1.46. The highest BCUT2D eigenvalue weighted by Gasteiger charge is 2.44. The predicted molar refractivity (Wildman–Crippen MR) is 87.3 cm³/mol. The summed E-state index contributed by atoms with van der Waals surface area (Å²) in [6.07, 6.45) is 10.8. The van der Waals surface area contributed by atoms with Gasteiger partial charge in [-0.2, -0.15) is 5.10 Å². The summed E-state index contributed by atoms with van der Waals surface area (Å²) in [4.78, 5) is 12.7. The fourth-order valence-corrected chi connectivity index (χ4v) is 4.44. The van der Waals surface area contributed by atoms with E-state index in [4.69, 9.17) is 4.74 Å². The Morgan fingerprint density at radius 2 is 2.13 bits per heavy atom. The van der Waals surface area contributed by atoms with Crippen molar-refractivity contribution >= 4 is 5.91 Å². The van der Waals surface area contributed by atoms with Gasteiger partial charge >= 0.3 is 0 Å². The minimum Gasteiger partial charge on any atom is -0.381 e. The van der Waals surface area contributed by atoms with Crippen molar-refractivity contribution in [3.8, 4) is 0 Å². The first-order chi connectivity index (χ1) is 11.2. The van der Waals surface area contributed by atoms with Crippen LogP contribution in [0, 0.1) is 11.8 Å². The average molecular weight is 317 g/mol. The van der Waals surface area contributed by atoms with Gasteiger partial charge in [0.25, 0.3) is 5.91 Å². The minimum atomic E-state index is 0.0586. The molecule has 126 valence electrons. The summed E-state index contributed by atoms with van der Waals surface area (Å²) in [5.74, 6) is 1.88. The molecule has 2 heterocycles. The van der Waals surface area contributed by atoms with Crippen LogP contribution in [-0.4, -0.2) is 34.9 Å². The van der Waals surface area contributed by atoms with E-state index in [0.29, 0.717) is 18.6 Å². The van der Waals surface area contributed by atoms with E-state index in [1.54, 1.807) is 4.68 Å². The maximum absolute atomic E-state index is 12.7. The topological polar surface area (TPSA) is 56.2 Å². The number of nitrogens with zero attached hydrogens (tertiary/aromatic N) is 2. The third-order valence-corrected chi connectivity index (χ3v) is 5.83. The summed E-state index contributed by atoms with van der Waals surface area (Å²) in [5.41, 5.74) is 1.66. The van der Waals surface area contributed by atoms with Crippen molar-refractivity contribution < 1.29 is 9.53 Å². The van der Waals surface area contributed by atoms with Crippen molar-refractivity contribution in [3.05, 3.63) is 17.5 Å². The van der Waals surface area contributed by atoms with E-state index in [1.165, 1.54) is 38.5 Å². The van der Waals surface area contributed by atoms with Crippen molar-refractivity contribution in [2.75, 3.05) is 13.2 Å². The molecule has 1 saturated heterocycles. The maximum Gasteiger partial charge on any atom is 0.254 e. The molecule has 3 atom stereocenters. The van der Waals surface area contributed by atoms with Crippen LogP contribution < -0.4 is 5.32 Å². The third-order valence-electron chi connectivity index (χ3n) is 5.83. The van der Waals surface area contributed by atoms with Gasteiger partial charge in [0.15, 0.2) is 0 Å². The Labute approximate surface area is 137 Å². The van der Waals surface area contributed by atoms with Gasteiger partial charge in [0.1, 0.15) is 0 Å². The highest BCUT2D eigenvalue weighted by molar-refractivity contribution is 5.95. The zero-order valence-electron chi connectivity index (χ0n) is 14.0. The van der Waals surface area contributed by atoms with Gasteiger partial charge in [0, 0.05) is 31.8 Å². The molecule has 5 nitrogen and oxygen atoms in total. The number of carbonyl (C=O) groups is 1. The molecule has 1 aromatic heterocycles. The molecule has 3 aliphatic rings. The Bertz CT molecular complexity index is 571. The molecule has 4 rings (SSSR count). The Morgan fingerprint density at radius 1 is 1.30 bits per heavy atom. The quantitative estimate of drug-likeness (QED) is 0.929. The molecule has 5 heteroatoms. The lowest BCUT2D eigenvalue weighted by Gasteiger charge is -2.21. The molecule has 23 heavy (non-hydrogen) atoms. The number of carbonyl (C=O) groups excluding carboxylic acids is 1. The molecule has 1 aliphatic heterocycles. The minimum absolute atomic E-state index is 0.0586. The second-order valence-corrected chi connectivity index (χ2v) is 7.54. The SMILES string of the molecule is Cn1cc(C(=O)N[C@@H]2C[C@@H]2C2CCCCC2)c([C@@H]2CCOC2)n1. The van der Waals surface area contributed by atoms with Crippen LogP contribution >= 0.6 is 0 Å². The molecule has 2 saturated carbocycles. The summed E-state index contributed by atoms with van der Waals surface area (Å²) in [6, 6.07) is 0.387. The van der Waals surface area contributed by atoms with Crippen LogP contribution in [-0.2, 0) is 11.8 Å². The highest BCUT2D eigenvalue weighted by atomic mass is 16.5. The lowest BCUT2D eigenvalue weighted by atomic mass is 9.85. The van der Waals surface area contributed by atoms with Gasteiger partial charge in [0.2, 0.25) is 0 Å². The number of nitrogens with one attached hydrogen (secondary N) is 1. The summed E-state index contributed by atoms with van der Waals surface area (Å²) >= 11 is 0. The molecule has 0 bridgehead atoms. The Balaban J connectivity index is 1.40. The standard InChI is InChI=1S/C18H27N3O2/c1-21-10-15(17(20-21)13-7-8-23-11-13)18(22)19-16-9-14(16)12-5-3-2-4-6-12/h10,12-14,16H,2-9,11H2,1H3,(H,19,22)/t13-,14-,16-/m1/s1. The largest absolute Gasteiger partial charge is 0.381 e. The molecular formula is C18H27N3O2. The second-order valence-electron chi connectivity index (χ2n) is 7.54. The van der Waals surface area contributed by atoms with Crippen LogP contribution in [0.15, 0.2) is 6.20 Å². The zero-order valence-corrected chi connectivity index (χ0v) is 14.0. The van der Waals surface area contributed by atoms with Gasteiger partial charge in [-0.05, 0) is 24.7 Å². The van der Waals surface area contributed by atoms with Crippen LogP contribution in [0.5, 0.6) is 0 Å². The van der Waals surface area contributed by atoms with Crippen LogP contribution in [0.25, 0.3) is 0 Å². The lowest BCUT2D eigenvalue weighted by molar-refractivity contribution is 0.0945. The first-order valence-corrected chi connectivity index (χ1v) is 9.14.